The zero-order chi connectivity index (χ0) is 10.1. The molecule has 0 aliphatic rings. The third-order valence-electron chi connectivity index (χ3n) is 2.55. The second kappa shape index (κ2) is 3.43. The molecule has 0 aromatic heterocycles. The fourth-order valence-corrected chi connectivity index (χ4v) is 1.67. The Morgan fingerprint density at radius 1 is 1.00 bits per heavy atom. The van der Waals surface area contributed by atoms with Crippen LogP contribution in [-0.2, 0) is 0 Å². The summed E-state index contributed by atoms with van der Waals surface area (Å²) in [6.45, 7) is 4.12. The first-order chi connectivity index (χ1) is 6.66. The van der Waals surface area contributed by atoms with Gasteiger partial charge in [-0.1, -0.05) is 35.9 Å². The van der Waals surface area contributed by atoms with Gasteiger partial charge in [0, 0.05) is 6.04 Å². The van der Waals surface area contributed by atoms with Gasteiger partial charge < -0.3 is 5.73 Å². The van der Waals surface area contributed by atoms with Crippen molar-refractivity contribution in [3.05, 3.63) is 47.5 Å². The number of nitrogens with two attached hydrogens (primary N) is 1. The predicted molar refractivity (Wildman–Crippen MR) is 61.3 cm³/mol. The Labute approximate surface area is 84.5 Å². The largest absolute Gasteiger partial charge is 0.324 e. The molecule has 0 amide bonds. The first kappa shape index (κ1) is 9.22. The molecule has 1 heteroatoms. The molecule has 0 saturated carbocycles. The van der Waals surface area contributed by atoms with Gasteiger partial charge in [0.15, 0.2) is 0 Å². The molecular weight excluding hydrogens is 170 g/mol. The molecule has 0 spiro atoms. The average molecular weight is 185 g/mol. The van der Waals surface area contributed by atoms with Gasteiger partial charge in [-0.25, -0.2) is 0 Å². The minimum atomic E-state index is 0.112. The van der Waals surface area contributed by atoms with Crippen LogP contribution in [0.4, 0.5) is 0 Å². The van der Waals surface area contributed by atoms with E-state index in [2.05, 4.69) is 43.3 Å². The summed E-state index contributed by atoms with van der Waals surface area (Å²) >= 11 is 0. The SMILES string of the molecule is Cc1ccc2cc([C@@H](C)N)ccc2c1. The number of hydrogen-bond donors (Lipinski definition) is 1. The molecule has 2 aromatic carbocycles. The minimum Gasteiger partial charge on any atom is -0.324 e. The maximum absolute atomic E-state index is 5.83. The lowest BCUT2D eigenvalue weighted by Gasteiger charge is -2.07. The van der Waals surface area contributed by atoms with Crippen molar-refractivity contribution in [3.63, 3.8) is 0 Å². The summed E-state index contributed by atoms with van der Waals surface area (Å²) in [5, 5.41) is 2.56. The topological polar surface area (TPSA) is 26.0 Å². The number of benzene rings is 2. The molecule has 0 aliphatic heterocycles. The van der Waals surface area contributed by atoms with Gasteiger partial charge in [-0.3, -0.25) is 0 Å². The van der Waals surface area contributed by atoms with Crippen LogP contribution in [0, 0.1) is 6.92 Å². The van der Waals surface area contributed by atoms with Crippen LogP contribution < -0.4 is 5.73 Å². The van der Waals surface area contributed by atoms with Gasteiger partial charge in [0.2, 0.25) is 0 Å². The summed E-state index contributed by atoms with van der Waals surface area (Å²) in [4.78, 5) is 0. The fourth-order valence-electron chi connectivity index (χ4n) is 1.67. The monoisotopic (exact) mass is 185 g/mol. The molecule has 1 atom stereocenters. The van der Waals surface area contributed by atoms with Gasteiger partial charge in [0.05, 0.1) is 0 Å². The third-order valence-corrected chi connectivity index (χ3v) is 2.55. The van der Waals surface area contributed by atoms with E-state index in [0.717, 1.165) is 0 Å². The van der Waals surface area contributed by atoms with E-state index in [4.69, 9.17) is 5.73 Å². The van der Waals surface area contributed by atoms with Crippen molar-refractivity contribution in [3.8, 4) is 0 Å². The molecule has 0 saturated heterocycles. The zero-order valence-electron chi connectivity index (χ0n) is 8.62. The third kappa shape index (κ3) is 1.64. The van der Waals surface area contributed by atoms with Crippen molar-refractivity contribution in [1.29, 1.82) is 0 Å². The van der Waals surface area contributed by atoms with Crippen LogP contribution in [0.2, 0.25) is 0 Å². The molecule has 2 aromatic rings. The lowest BCUT2D eigenvalue weighted by atomic mass is 10.0. The highest BCUT2D eigenvalue weighted by Gasteiger charge is 2.00. The average Bonchev–Trinajstić information content (AvgIpc) is 2.16. The maximum atomic E-state index is 5.83. The number of rotatable bonds is 1. The van der Waals surface area contributed by atoms with E-state index in [1.165, 1.54) is 21.9 Å². The Morgan fingerprint density at radius 3 is 2.36 bits per heavy atom. The number of fused-ring (bicyclic) bond motifs is 1. The highest BCUT2D eigenvalue weighted by atomic mass is 14.6. The van der Waals surface area contributed by atoms with E-state index >= 15 is 0 Å². The molecule has 14 heavy (non-hydrogen) atoms. The highest BCUT2D eigenvalue weighted by molar-refractivity contribution is 5.83. The van der Waals surface area contributed by atoms with Crippen LogP contribution in [-0.4, -0.2) is 0 Å². The van der Waals surface area contributed by atoms with Gasteiger partial charge in [-0.05, 0) is 36.2 Å². The first-order valence-corrected chi connectivity index (χ1v) is 4.93. The minimum absolute atomic E-state index is 0.112. The van der Waals surface area contributed by atoms with Crippen molar-refractivity contribution in [2.75, 3.05) is 0 Å². The summed E-state index contributed by atoms with van der Waals surface area (Å²) in [5.74, 6) is 0. The summed E-state index contributed by atoms with van der Waals surface area (Å²) in [6.07, 6.45) is 0. The fraction of sp³-hybridized carbons (Fsp3) is 0.231. The number of hydrogen-bond acceptors (Lipinski definition) is 1. The van der Waals surface area contributed by atoms with Crippen LogP contribution in [0.15, 0.2) is 36.4 Å². The van der Waals surface area contributed by atoms with E-state index in [1.54, 1.807) is 0 Å². The van der Waals surface area contributed by atoms with Crippen molar-refractivity contribution < 1.29 is 0 Å². The van der Waals surface area contributed by atoms with E-state index in [1.807, 2.05) is 6.92 Å². The lowest BCUT2D eigenvalue weighted by Crippen LogP contribution is -2.04. The van der Waals surface area contributed by atoms with Crippen LogP contribution in [0.3, 0.4) is 0 Å². The Balaban J connectivity index is 2.62. The van der Waals surface area contributed by atoms with Crippen molar-refractivity contribution >= 4 is 10.8 Å². The molecule has 72 valence electrons. The Hall–Kier alpha value is -1.34. The molecule has 2 N–H and O–H groups in total. The Morgan fingerprint density at radius 2 is 1.64 bits per heavy atom. The first-order valence-electron chi connectivity index (χ1n) is 4.93. The quantitative estimate of drug-likeness (QED) is 0.725. The molecule has 0 aliphatic carbocycles. The molecular formula is C13H15N. The van der Waals surface area contributed by atoms with E-state index in [-0.39, 0.29) is 6.04 Å². The Bertz CT molecular complexity index is 458. The van der Waals surface area contributed by atoms with Gasteiger partial charge >= 0.3 is 0 Å². The van der Waals surface area contributed by atoms with E-state index < -0.39 is 0 Å². The zero-order valence-corrected chi connectivity index (χ0v) is 8.62. The van der Waals surface area contributed by atoms with Gasteiger partial charge in [0.1, 0.15) is 0 Å². The molecule has 0 fully saturated rings. The summed E-state index contributed by atoms with van der Waals surface area (Å²) in [6, 6.07) is 13.0. The summed E-state index contributed by atoms with van der Waals surface area (Å²) in [7, 11) is 0. The van der Waals surface area contributed by atoms with Crippen molar-refractivity contribution in [2.24, 2.45) is 5.73 Å². The lowest BCUT2D eigenvalue weighted by molar-refractivity contribution is 0.820. The smallest absolute Gasteiger partial charge is 0.0266 e. The van der Waals surface area contributed by atoms with Crippen LogP contribution in [0.5, 0.6) is 0 Å². The standard InChI is InChI=1S/C13H15N/c1-9-3-4-13-8-11(10(2)14)5-6-12(13)7-9/h3-8,10H,14H2,1-2H3/t10-/m1/s1. The van der Waals surface area contributed by atoms with Crippen LogP contribution in [0.25, 0.3) is 10.8 Å². The summed E-state index contributed by atoms with van der Waals surface area (Å²) < 4.78 is 0. The van der Waals surface area contributed by atoms with Gasteiger partial charge in [0.25, 0.3) is 0 Å². The second-order valence-corrected chi connectivity index (χ2v) is 3.90. The van der Waals surface area contributed by atoms with Gasteiger partial charge in [-0.15, -0.1) is 0 Å². The van der Waals surface area contributed by atoms with Gasteiger partial charge in [-0.2, -0.15) is 0 Å². The maximum Gasteiger partial charge on any atom is 0.0266 e. The molecule has 0 bridgehead atoms. The Kier molecular flexibility index (Phi) is 2.26. The molecule has 0 unspecified atom stereocenters. The molecule has 0 heterocycles. The van der Waals surface area contributed by atoms with E-state index in [9.17, 15) is 0 Å². The summed E-state index contributed by atoms with van der Waals surface area (Å²) in [5.41, 5.74) is 8.33. The van der Waals surface area contributed by atoms with E-state index in [0.29, 0.717) is 0 Å². The molecule has 1 nitrogen and oxygen atoms in total. The number of aryl methyl sites for hydroxylation is 1. The molecule has 2 rings (SSSR count). The predicted octanol–water partition coefficient (Wildman–Crippen LogP) is 3.17. The van der Waals surface area contributed by atoms with Crippen LogP contribution >= 0.6 is 0 Å². The molecule has 0 radical (unpaired) electrons. The normalized spacial score (nSPS) is 13.1. The van der Waals surface area contributed by atoms with Crippen molar-refractivity contribution in [2.45, 2.75) is 19.9 Å². The highest BCUT2D eigenvalue weighted by Crippen LogP contribution is 2.20. The van der Waals surface area contributed by atoms with Crippen molar-refractivity contribution in [1.82, 2.24) is 0 Å². The van der Waals surface area contributed by atoms with Crippen LogP contribution in [0.1, 0.15) is 24.1 Å². The second-order valence-electron chi connectivity index (χ2n) is 3.90.